The molecule has 0 aromatic heterocycles. The van der Waals surface area contributed by atoms with Gasteiger partial charge in [0.2, 0.25) is 0 Å². The second-order valence-electron chi connectivity index (χ2n) is 3.56. The molecule has 4 nitrogen and oxygen atoms in total. The molecule has 0 spiro atoms. The van der Waals surface area contributed by atoms with Crippen molar-refractivity contribution in [2.24, 2.45) is 0 Å². The lowest BCUT2D eigenvalue weighted by Crippen LogP contribution is -2.46. The Morgan fingerprint density at radius 2 is 1.89 bits per heavy atom. The summed E-state index contributed by atoms with van der Waals surface area (Å²) in [6.45, 7) is 6.74. The minimum absolute atomic E-state index is 0.223. The predicted octanol–water partition coefficient (Wildman–Crippen LogP) is 2.82. The molecule has 0 fully saturated rings. The largest absolute Gasteiger partial charge is 0.480 e. The van der Waals surface area contributed by atoms with Crippen LogP contribution in [0.2, 0.25) is 0 Å². The molecule has 1 aliphatic rings. The fourth-order valence-corrected chi connectivity index (χ4v) is 1.90. The molecule has 0 saturated carbocycles. The van der Waals surface area contributed by atoms with E-state index in [-0.39, 0.29) is 5.57 Å². The number of aliphatic carboxylic acids is 2. The van der Waals surface area contributed by atoms with Crippen molar-refractivity contribution in [1.82, 2.24) is 0 Å². The van der Waals surface area contributed by atoms with E-state index in [1.165, 1.54) is 19.1 Å². The van der Waals surface area contributed by atoms with E-state index in [4.69, 9.17) is 33.4 Å². The first-order chi connectivity index (χ1) is 8.23. The zero-order valence-electron chi connectivity index (χ0n) is 9.98. The summed E-state index contributed by atoms with van der Waals surface area (Å²) < 4.78 is 0. The number of alkyl halides is 2. The van der Waals surface area contributed by atoms with Crippen molar-refractivity contribution in [3.05, 3.63) is 36.0 Å². The number of halogens is 2. The van der Waals surface area contributed by atoms with Gasteiger partial charge in [0.15, 0.2) is 4.87 Å². The van der Waals surface area contributed by atoms with Gasteiger partial charge in [-0.15, -0.1) is 18.2 Å². The highest BCUT2D eigenvalue weighted by Gasteiger charge is 2.49. The van der Waals surface area contributed by atoms with Crippen molar-refractivity contribution >= 4 is 35.1 Å². The quantitative estimate of drug-likeness (QED) is 0.606. The summed E-state index contributed by atoms with van der Waals surface area (Å²) in [6.07, 6.45) is 4.36. The number of allylic oxidation sites excluding steroid dienone is 3. The lowest BCUT2D eigenvalue weighted by Gasteiger charge is -2.31. The normalized spacial score (nSPS) is 26.1. The SMILES string of the molecule is C=CC.CC1=CC=C(C(=O)O)C(Cl)C1(Cl)C(=O)O. The van der Waals surface area contributed by atoms with Gasteiger partial charge in [-0.3, -0.25) is 0 Å². The lowest BCUT2D eigenvalue weighted by molar-refractivity contribution is -0.139. The highest BCUT2D eigenvalue weighted by molar-refractivity contribution is 6.44. The van der Waals surface area contributed by atoms with Gasteiger partial charge in [-0.05, 0) is 19.4 Å². The Bertz CT molecular complexity index is 426. The van der Waals surface area contributed by atoms with E-state index >= 15 is 0 Å². The molecule has 1 aliphatic carbocycles. The highest BCUT2D eigenvalue weighted by Crippen LogP contribution is 2.39. The monoisotopic (exact) mass is 292 g/mol. The van der Waals surface area contributed by atoms with Crippen LogP contribution in [0.5, 0.6) is 0 Å². The van der Waals surface area contributed by atoms with Gasteiger partial charge in [-0.1, -0.05) is 29.8 Å². The Hall–Kier alpha value is -1.26. The van der Waals surface area contributed by atoms with Crippen molar-refractivity contribution in [3.63, 3.8) is 0 Å². The van der Waals surface area contributed by atoms with Gasteiger partial charge in [0.1, 0.15) is 0 Å². The molecule has 2 N–H and O–H groups in total. The minimum Gasteiger partial charge on any atom is -0.480 e. The first kappa shape index (κ1) is 16.7. The molecule has 0 aromatic rings. The first-order valence-electron chi connectivity index (χ1n) is 4.99. The topological polar surface area (TPSA) is 74.6 Å². The average molecular weight is 293 g/mol. The summed E-state index contributed by atoms with van der Waals surface area (Å²) in [5, 5.41) is 16.4. The van der Waals surface area contributed by atoms with Gasteiger partial charge in [0.25, 0.3) is 0 Å². The molecule has 1 rings (SSSR count). The van der Waals surface area contributed by atoms with E-state index in [1.54, 1.807) is 6.08 Å². The van der Waals surface area contributed by atoms with E-state index < -0.39 is 22.2 Å². The van der Waals surface area contributed by atoms with Crippen LogP contribution < -0.4 is 0 Å². The summed E-state index contributed by atoms with van der Waals surface area (Å²) in [6, 6.07) is 0. The van der Waals surface area contributed by atoms with Crippen LogP contribution in [0.1, 0.15) is 13.8 Å². The zero-order chi connectivity index (χ0) is 14.5. The summed E-state index contributed by atoms with van der Waals surface area (Å²) in [5.74, 6) is -2.63. The van der Waals surface area contributed by atoms with Crippen LogP contribution in [0.25, 0.3) is 0 Å². The number of hydrogen-bond acceptors (Lipinski definition) is 2. The summed E-state index contributed by atoms with van der Waals surface area (Å²) in [4.78, 5) is 19.9. The standard InChI is InChI=1S/C9H8Cl2O4.C3H6/c1-4-2-3-5(7(12)13)6(10)9(4,11)8(14)15;1-3-2/h2-3,6H,1H3,(H,12,13)(H,14,15);3H,1H2,2H3. The second kappa shape index (κ2) is 6.61. The third-order valence-electron chi connectivity index (χ3n) is 2.27. The Labute approximate surface area is 115 Å². The van der Waals surface area contributed by atoms with Gasteiger partial charge < -0.3 is 10.2 Å². The summed E-state index contributed by atoms with van der Waals surface area (Å²) in [5.41, 5.74) is 0.0846. The fourth-order valence-electron chi connectivity index (χ4n) is 1.29. The van der Waals surface area contributed by atoms with Crippen LogP contribution >= 0.6 is 23.2 Å². The molecule has 0 aromatic carbocycles. The Morgan fingerprint density at radius 3 is 2.22 bits per heavy atom. The van der Waals surface area contributed by atoms with Crippen LogP contribution in [0.4, 0.5) is 0 Å². The van der Waals surface area contributed by atoms with Crippen LogP contribution in [0, 0.1) is 0 Å². The van der Waals surface area contributed by atoms with E-state index in [2.05, 4.69) is 6.58 Å². The van der Waals surface area contributed by atoms with E-state index in [0.29, 0.717) is 5.57 Å². The van der Waals surface area contributed by atoms with E-state index in [1.807, 2.05) is 6.92 Å². The van der Waals surface area contributed by atoms with Gasteiger partial charge in [0.05, 0.1) is 11.0 Å². The predicted molar refractivity (Wildman–Crippen MR) is 71.2 cm³/mol. The second-order valence-corrected chi connectivity index (χ2v) is 4.60. The number of carboxylic acids is 2. The molecule has 0 amide bonds. The van der Waals surface area contributed by atoms with Crippen molar-refractivity contribution in [1.29, 1.82) is 0 Å². The van der Waals surface area contributed by atoms with E-state index in [0.717, 1.165) is 0 Å². The van der Waals surface area contributed by atoms with Crippen LogP contribution in [-0.2, 0) is 9.59 Å². The average Bonchev–Trinajstić information content (AvgIpc) is 2.26. The first-order valence-corrected chi connectivity index (χ1v) is 5.80. The molecule has 0 aliphatic heterocycles. The molecule has 0 bridgehead atoms. The Balaban J connectivity index is 0.000000873. The number of hydrogen-bond donors (Lipinski definition) is 2. The van der Waals surface area contributed by atoms with Crippen molar-refractivity contribution in [2.45, 2.75) is 24.1 Å². The zero-order valence-corrected chi connectivity index (χ0v) is 11.5. The molecule has 18 heavy (non-hydrogen) atoms. The minimum atomic E-state index is -1.88. The van der Waals surface area contributed by atoms with Gasteiger partial charge in [-0.25, -0.2) is 9.59 Å². The molecule has 6 heteroatoms. The molecular formula is C12H14Cl2O4. The smallest absolute Gasteiger partial charge is 0.333 e. The maximum Gasteiger partial charge on any atom is 0.333 e. The summed E-state index contributed by atoms with van der Waals surface area (Å²) >= 11 is 11.6. The maximum atomic E-state index is 11.0. The summed E-state index contributed by atoms with van der Waals surface area (Å²) in [7, 11) is 0. The molecule has 0 radical (unpaired) electrons. The number of carbonyl (C=O) groups is 2. The van der Waals surface area contributed by atoms with Crippen LogP contribution in [0.3, 0.4) is 0 Å². The fraction of sp³-hybridized carbons (Fsp3) is 0.333. The molecule has 2 unspecified atom stereocenters. The van der Waals surface area contributed by atoms with Gasteiger partial charge in [-0.2, -0.15) is 0 Å². The maximum absolute atomic E-state index is 11.0. The van der Waals surface area contributed by atoms with E-state index in [9.17, 15) is 9.59 Å². The molecular weight excluding hydrogens is 279 g/mol. The van der Waals surface area contributed by atoms with Crippen molar-refractivity contribution in [2.75, 3.05) is 0 Å². The van der Waals surface area contributed by atoms with Crippen LogP contribution in [-0.4, -0.2) is 32.4 Å². The molecule has 0 heterocycles. The van der Waals surface area contributed by atoms with Gasteiger partial charge >= 0.3 is 11.9 Å². The third-order valence-corrected chi connectivity index (χ3v) is 3.62. The third kappa shape index (κ3) is 3.15. The molecule has 0 saturated heterocycles. The Morgan fingerprint density at radius 1 is 1.44 bits per heavy atom. The molecule has 100 valence electrons. The van der Waals surface area contributed by atoms with Gasteiger partial charge in [0, 0.05) is 0 Å². The Kier molecular flexibility index (Phi) is 6.15. The number of carboxylic acid groups (broad SMARTS) is 2. The molecule has 2 atom stereocenters. The van der Waals surface area contributed by atoms with Crippen LogP contribution in [0.15, 0.2) is 36.0 Å². The van der Waals surface area contributed by atoms with Crippen molar-refractivity contribution < 1.29 is 19.8 Å². The number of rotatable bonds is 2. The highest BCUT2D eigenvalue weighted by atomic mass is 35.5. The lowest BCUT2D eigenvalue weighted by atomic mass is 9.86. The van der Waals surface area contributed by atoms with Crippen molar-refractivity contribution in [3.8, 4) is 0 Å².